The predicted molar refractivity (Wildman–Crippen MR) is 176 cm³/mol. The first kappa shape index (κ1) is 33.3. The molecule has 15 heteroatoms. The van der Waals surface area contributed by atoms with Crippen LogP contribution in [0.2, 0.25) is 0 Å². The van der Waals surface area contributed by atoms with E-state index in [2.05, 4.69) is 41.8 Å². The lowest BCUT2D eigenvalue weighted by Gasteiger charge is -2.38. The van der Waals surface area contributed by atoms with Gasteiger partial charge in [0.05, 0.1) is 50.3 Å². The van der Waals surface area contributed by atoms with Gasteiger partial charge in [-0.15, -0.1) is 10.2 Å². The second-order valence-corrected chi connectivity index (χ2v) is 12.4. The molecule has 15 nitrogen and oxygen atoms in total. The molecule has 1 N–H and O–H groups in total. The number of anilines is 2. The Bertz CT molecular complexity index is 1620. The molecule has 0 bridgehead atoms. The van der Waals surface area contributed by atoms with E-state index < -0.39 is 0 Å². The number of nitrogens with zero attached hydrogens (tertiary/aromatic N) is 10. The standard InChI is InChI=1S/C33H43N11O4/c1-23(2)46-14-15-47-32-30(21-44(39-32)29-8-6-28(7-9-29)42-10-12-45-13-11-42)38-33-35-18-27(19-36-33)25-4-5-26(17-34)31(16-25)48-24(3)20-43-22-37-40-41-43/h4-5,16,18-19,21-24,28-29H,6-15,20H2,1-3H3,(H,35,36,38). The molecule has 2 aliphatic rings. The summed E-state index contributed by atoms with van der Waals surface area (Å²) in [4.78, 5) is 11.8. The third-order valence-electron chi connectivity index (χ3n) is 8.57. The van der Waals surface area contributed by atoms with Gasteiger partial charge in [0.15, 0.2) is 0 Å². The van der Waals surface area contributed by atoms with Crippen molar-refractivity contribution in [1.82, 2.24) is 44.9 Å². The number of nitriles is 1. The van der Waals surface area contributed by atoms with Gasteiger partial charge in [-0.2, -0.15) is 5.26 Å². The van der Waals surface area contributed by atoms with E-state index >= 15 is 0 Å². The van der Waals surface area contributed by atoms with Crippen LogP contribution in [0.3, 0.4) is 0 Å². The lowest BCUT2D eigenvalue weighted by Crippen LogP contribution is -2.45. The fraction of sp³-hybridized carbons (Fsp3) is 0.545. The highest BCUT2D eigenvalue weighted by Crippen LogP contribution is 2.35. The maximum Gasteiger partial charge on any atom is 0.257 e. The predicted octanol–water partition coefficient (Wildman–Crippen LogP) is 4.03. The highest BCUT2D eigenvalue weighted by Gasteiger charge is 2.29. The minimum atomic E-state index is -0.271. The van der Waals surface area contributed by atoms with Gasteiger partial charge < -0.3 is 24.3 Å². The van der Waals surface area contributed by atoms with Gasteiger partial charge in [0.25, 0.3) is 5.88 Å². The Morgan fingerprint density at radius 2 is 1.79 bits per heavy atom. The van der Waals surface area contributed by atoms with Gasteiger partial charge in [0.2, 0.25) is 5.95 Å². The van der Waals surface area contributed by atoms with Crippen molar-refractivity contribution in [2.24, 2.45) is 0 Å². The number of ether oxygens (including phenoxy) is 4. The van der Waals surface area contributed by atoms with Crippen molar-refractivity contribution in [3.05, 3.63) is 48.7 Å². The van der Waals surface area contributed by atoms with Gasteiger partial charge in [0.1, 0.15) is 36.5 Å². The van der Waals surface area contributed by atoms with Gasteiger partial charge in [-0.25, -0.2) is 14.6 Å². The van der Waals surface area contributed by atoms with Crippen LogP contribution < -0.4 is 14.8 Å². The molecule has 4 heterocycles. The molecule has 0 spiro atoms. The van der Waals surface area contributed by atoms with E-state index in [9.17, 15) is 5.26 Å². The third kappa shape index (κ3) is 8.62. The van der Waals surface area contributed by atoms with Crippen molar-refractivity contribution in [3.8, 4) is 28.8 Å². The van der Waals surface area contributed by atoms with Crippen LogP contribution >= 0.6 is 0 Å². The first-order valence-electron chi connectivity index (χ1n) is 16.6. The van der Waals surface area contributed by atoms with E-state index in [4.69, 9.17) is 24.0 Å². The molecular weight excluding hydrogens is 614 g/mol. The quantitative estimate of drug-likeness (QED) is 0.194. The Kier molecular flexibility index (Phi) is 11.1. The Balaban J connectivity index is 1.13. The Labute approximate surface area is 280 Å². The summed E-state index contributed by atoms with van der Waals surface area (Å²) in [6, 6.07) is 8.50. The van der Waals surface area contributed by atoms with Crippen LogP contribution in [-0.2, 0) is 16.0 Å². The van der Waals surface area contributed by atoms with Crippen LogP contribution in [0.25, 0.3) is 11.1 Å². The molecule has 2 fully saturated rings. The molecule has 1 aliphatic carbocycles. The zero-order chi connectivity index (χ0) is 33.3. The topological polar surface area (TPSA) is 163 Å². The highest BCUT2D eigenvalue weighted by molar-refractivity contribution is 5.67. The molecule has 4 aromatic rings. The molecule has 1 atom stereocenters. The highest BCUT2D eigenvalue weighted by atomic mass is 16.5. The van der Waals surface area contributed by atoms with Gasteiger partial charge in [0, 0.05) is 37.1 Å². The fourth-order valence-electron chi connectivity index (χ4n) is 6.14. The van der Waals surface area contributed by atoms with E-state index in [1.165, 1.54) is 6.33 Å². The molecule has 3 aromatic heterocycles. The fourth-order valence-corrected chi connectivity index (χ4v) is 6.14. The average Bonchev–Trinajstić information content (AvgIpc) is 3.77. The monoisotopic (exact) mass is 657 g/mol. The lowest BCUT2D eigenvalue weighted by molar-refractivity contribution is 0.00501. The second kappa shape index (κ2) is 16.0. The van der Waals surface area contributed by atoms with E-state index in [-0.39, 0.29) is 12.2 Å². The number of rotatable bonds is 14. The van der Waals surface area contributed by atoms with Crippen LogP contribution in [-0.4, -0.2) is 103 Å². The number of morpholine rings is 1. The van der Waals surface area contributed by atoms with Crippen LogP contribution in [0.15, 0.2) is 43.1 Å². The van der Waals surface area contributed by atoms with Crippen molar-refractivity contribution >= 4 is 11.6 Å². The SMILES string of the molecule is CC(C)OCCOc1nn(C2CCC(N3CCOCC3)CC2)cc1Nc1ncc(-c2ccc(C#N)c(OC(C)Cn3cnnn3)c2)cn1. The van der Waals surface area contributed by atoms with E-state index in [0.717, 1.165) is 63.1 Å². The van der Waals surface area contributed by atoms with Crippen molar-refractivity contribution in [2.75, 3.05) is 44.8 Å². The summed E-state index contributed by atoms with van der Waals surface area (Å²) in [5, 5.41) is 29.0. The average molecular weight is 658 g/mol. The summed E-state index contributed by atoms with van der Waals surface area (Å²) in [5.41, 5.74) is 2.73. The zero-order valence-corrected chi connectivity index (χ0v) is 27.7. The molecule has 1 aromatic carbocycles. The van der Waals surface area contributed by atoms with Gasteiger partial charge in [-0.05, 0) is 74.6 Å². The molecule has 1 aliphatic heterocycles. The Morgan fingerprint density at radius 1 is 1.02 bits per heavy atom. The number of tetrazole rings is 1. The second-order valence-electron chi connectivity index (χ2n) is 12.4. The molecule has 254 valence electrons. The molecule has 1 unspecified atom stereocenters. The first-order chi connectivity index (χ1) is 23.4. The molecule has 1 saturated carbocycles. The summed E-state index contributed by atoms with van der Waals surface area (Å²) in [7, 11) is 0. The van der Waals surface area contributed by atoms with Crippen molar-refractivity contribution < 1.29 is 18.9 Å². The largest absolute Gasteiger partial charge is 0.487 e. The van der Waals surface area contributed by atoms with Crippen LogP contribution in [0.1, 0.15) is 58.1 Å². The zero-order valence-electron chi connectivity index (χ0n) is 27.7. The molecule has 6 rings (SSSR count). The number of hydrogen-bond acceptors (Lipinski definition) is 13. The number of nitrogens with one attached hydrogen (secondary N) is 1. The number of aromatic nitrogens is 8. The minimum Gasteiger partial charge on any atom is -0.487 e. The summed E-state index contributed by atoms with van der Waals surface area (Å²) < 4.78 is 27.0. The van der Waals surface area contributed by atoms with Crippen molar-refractivity contribution in [3.63, 3.8) is 0 Å². The molecule has 0 amide bonds. The molecule has 48 heavy (non-hydrogen) atoms. The van der Waals surface area contributed by atoms with Crippen LogP contribution in [0.5, 0.6) is 11.6 Å². The van der Waals surface area contributed by atoms with E-state index in [1.54, 1.807) is 23.1 Å². The summed E-state index contributed by atoms with van der Waals surface area (Å²) in [5.74, 6) is 1.38. The van der Waals surface area contributed by atoms with Gasteiger partial charge >= 0.3 is 0 Å². The maximum absolute atomic E-state index is 9.66. The molecular formula is C33H43N11O4. The lowest BCUT2D eigenvalue weighted by atomic mass is 9.90. The third-order valence-corrected chi connectivity index (χ3v) is 8.57. The number of hydrogen-bond donors (Lipinski definition) is 1. The van der Waals surface area contributed by atoms with E-state index in [1.807, 2.05) is 43.8 Å². The first-order valence-corrected chi connectivity index (χ1v) is 16.6. The number of benzene rings is 1. The minimum absolute atomic E-state index is 0.122. The van der Waals surface area contributed by atoms with Crippen molar-refractivity contribution in [1.29, 1.82) is 5.26 Å². The Morgan fingerprint density at radius 3 is 2.50 bits per heavy atom. The smallest absolute Gasteiger partial charge is 0.257 e. The van der Waals surface area contributed by atoms with Gasteiger partial charge in [-0.3, -0.25) is 9.58 Å². The Hall–Kier alpha value is -4.65. The normalized spacial score (nSPS) is 19.1. The van der Waals surface area contributed by atoms with Crippen LogP contribution in [0.4, 0.5) is 11.6 Å². The summed E-state index contributed by atoms with van der Waals surface area (Å²) >= 11 is 0. The van der Waals surface area contributed by atoms with Crippen molar-refractivity contribution in [2.45, 2.75) is 77.3 Å². The maximum atomic E-state index is 9.66. The summed E-state index contributed by atoms with van der Waals surface area (Å²) in [6.07, 6.45) is 11.2. The summed E-state index contributed by atoms with van der Waals surface area (Å²) in [6.45, 7) is 10.9. The van der Waals surface area contributed by atoms with Crippen LogP contribution in [0, 0.1) is 11.3 Å². The molecule has 0 radical (unpaired) electrons. The van der Waals surface area contributed by atoms with Gasteiger partial charge in [-0.1, -0.05) is 6.07 Å². The molecule has 1 saturated heterocycles. The van der Waals surface area contributed by atoms with E-state index in [0.29, 0.717) is 60.7 Å².